The predicted molar refractivity (Wildman–Crippen MR) is 98.3 cm³/mol. The zero-order valence-electron chi connectivity index (χ0n) is 15.8. The number of pyridine rings is 1. The second-order valence-electron chi connectivity index (χ2n) is 7.21. The number of aromatic nitrogens is 1. The lowest BCUT2D eigenvalue weighted by molar-refractivity contribution is -0.141. The topological polar surface area (TPSA) is 80.6 Å². The van der Waals surface area contributed by atoms with Gasteiger partial charge in [-0.1, -0.05) is 6.07 Å². The van der Waals surface area contributed by atoms with Crippen LogP contribution in [0.25, 0.3) is 0 Å². The Morgan fingerprint density at radius 3 is 2.39 bits per heavy atom. The molecule has 0 aliphatic heterocycles. The minimum atomic E-state index is -4.61. The van der Waals surface area contributed by atoms with Gasteiger partial charge in [-0.05, 0) is 57.1 Å². The van der Waals surface area contributed by atoms with Crippen LogP contribution in [-0.4, -0.2) is 16.5 Å². The van der Waals surface area contributed by atoms with Crippen LogP contribution in [0.1, 0.15) is 33.4 Å². The average molecular weight is 395 g/mol. The highest BCUT2D eigenvalue weighted by molar-refractivity contribution is 5.95. The van der Waals surface area contributed by atoms with Crippen molar-refractivity contribution in [1.29, 1.82) is 0 Å². The van der Waals surface area contributed by atoms with Crippen molar-refractivity contribution in [3.63, 3.8) is 0 Å². The molecule has 1 amide bonds. The lowest BCUT2D eigenvalue weighted by Gasteiger charge is -2.40. The van der Waals surface area contributed by atoms with Crippen molar-refractivity contribution in [3.05, 3.63) is 53.2 Å². The highest BCUT2D eigenvalue weighted by Gasteiger charge is 2.45. The van der Waals surface area contributed by atoms with E-state index in [0.29, 0.717) is 5.75 Å². The zero-order chi connectivity index (χ0) is 21.2. The molecule has 0 aliphatic rings. The number of hydrogen-bond donors (Lipinski definition) is 1. The molecule has 9 heteroatoms. The molecular weight excluding hydrogens is 375 g/mol. The summed E-state index contributed by atoms with van der Waals surface area (Å²) in [4.78, 5) is 26.7. The molecule has 0 fully saturated rings. The van der Waals surface area contributed by atoms with Gasteiger partial charge in [0.1, 0.15) is 22.7 Å². The Hall–Kier alpha value is -2.97. The predicted octanol–water partition coefficient (Wildman–Crippen LogP) is 5.32. The van der Waals surface area contributed by atoms with Crippen LogP contribution in [0.15, 0.2) is 47.8 Å². The molecule has 1 heterocycles. The van der Waals surface area contributed by atoms with Crippen LogP contribution < -0.4 is 10.1 Å². The standard InChI is InChI=1S/C19H20F3N3O3/c1-17(2,18(3,4)28-14-7-5-6-13(10-14)25-27)16(26)24-12-8-9-23-15(11-12)19(20,21)22/h5-11H,1-4H3,(H,23,24,26). The molecule has 0 atom stereocenters. The van der Waals surface area contributed by atoms with Crippen molar-refractivity contribution in [2.75, 3.05) is 5.32 Å². The van der Waals surface area contributed by atoms with E-state index in [1.54, 1.807) is 39.8 Å². The molecular formula is C19H20F3N3O3. The fourth-order valence-electron chi connectivity index (χ4n) is 2.25. The van der Waals surface area contributed by atoms with Gasteiger partial charge in [-0.2, -0.15) is 13.2 Å². The maximum absolute atomic E-state index is 12.8. The van der Waals surface area contributed by atoms with E-state index in [0.717, 1.165) is 12.3 Å². The molecule has 1 N–H and O–H groups in total. The van der Waals surface area contributed by atoms with Gasteiger partial charge >= 0.3 is 6.18 Å². The van der Waals surface area contributed by atoms with Crippen LogP contribution in [0.4, 0.5) is 24.5 Å². The first-order chi connectivity index (χ1) is 12.9. The number of ether oxygens (including phenoxy) is 1. The van der Waals surface area contributed by atoms with Crippen LogP contribution >= 0.6 is 0 Å². The summed E-state index contributed by atoms with van der Waals surface area (Å²) in [6.07, 6.45) is -3.64. The van der Waals surface area contributed by atoms with Gasteiger partial charge in [0.15, 0.2) is 0 Å². The largest absolute Gasteiger partial charge is 0.487 e. The number of amides is 1. The number of carbonyl (C=O) groups excluding carboxylic acids is 1. The molecule has 0 spiro atoms. The van der Waals surface area contributed by atoms with E-state index in [1.165, 1.54) is 18.2 Å². The Labute approximate surface area is 160 Å². The summed E-state index contributed by atoms with van der Waals surface area (Å²) in [5.74, 6) is -0.201. The fraction of sp³-hybridized carbons (Fsp3) is 0.368. The average Bonchev–Trinajstić information content (AvgIpc) is 2.60. The molecule has 2 aromatic rings. The molecule has 0 bridgehead atoms. The van der Waals surface area contributed by atoms with E-state index in [4.69, 9.17) is 4.74 Å². The van der Waals surface area contributed by atoms with Gasteiger partial charge in [0, 0.05) is 18.0 Å². The third-order valence-electron chi connectivity index (χ3n) is 4.68. The first-order valence-corrected chi connectivity index (χ1v) is 8.34. The number of alkyl halides is 3. The summed E-state index contributed by atoms with van der Waals surface area (Å²) < 4.78 is 44.3. The number of rotatable bonds is 6. The lowest BCUT2D eigenvalue weighted by atomic mass is 9.76. The Bertz CT molecular complexity index is 880. The number of nitroso groups, excluding NO2 is 1. The van der Waals surface area contributed by atoms with Crippen molar-refractivity contribution in [2.24, 2.45) is 10.6 Å². The minimum Gasteiger partial charge on any atom is -0.487 e. The Morgan fingerprint density at radius 2 is 1.79 bits per heavy atom. The van der Waals surface area contributed by atoms with Gasteiger partial charge in [-0.25, -0.2) is 0 Å². The van der Waals surface area contributed by atoms with E-state index < -0.39 is 28.8 Å². The summed E-state index contributed by atoms with van der Waals surface area (Å²) >= 11 is 0. The summed E-state index contributed by atoms with van der Waals surface area (Å²) in [7, 11) is 0. The van der Waals surface area contributed by atoms with Gasteiger partial charge in [0.25, 0.3) is 0 Å². The summed E-state index contributed by atoms with van der Waals surface area (Å²) in [6, 6.07) is 8.18. The van der Waals surface area contributed by atoms with Crippen molar-refractivity contribution < 1.29 is 22.7 Å². The number of halogens is 3. The van der Waals surface area contributed by atoms with E-state index in [-0.39, 0.29) is 11.4 Å². The number of hydrogen-bond acceptors (Lipinski definition) is 5. The quantitative estimate of drug-likeness (QED) is 0.671. The van der Waals surface area contributed by atoms with Crippen LogP contribution in [0.3, 0.4) is 0 Å². The first kappa shape index (κ1) is 21.3. The monoisotopic (exact) mass is 395 g/mol. The van der Waals surface area contributed by atoms with Crippen molar-refractivity contribution in [1.82, 2.24) is 4.98 Å². The zero-order valence-corrected chi connectivity index (χ0v) is 15.8. The second-order valence-corrected chi connectivity index (χ2v) is 7.21. The number of anilines is 1. The van der Waals surface area contributed by atoms with Crippen LogP contribution in [0.2, 0.25) is 0 Å². The molecule has 28 heavy (non-hydrogen) atoms. The first-order valence-electron chi connectivity index (χ1n) is 8.34. The Morgan fingerprint density at radius 1 is 1.11 bits per heavy atom. The number of nitrogens with one attached hydrogen (secondary N) is 1. The maximum Gasteiger partial charge on any atom is 0.433 e. The molecule has 1 aromatic carbocycles. The summed E-state index contributed by atoms with van der Waals surface area (Å²) in [5, 5.41) is 5.32. The van der Waals surface area contributed by atoms with Crippen molar-refractivity contribution in [2.45, 2.75) is 39.5 Å². The molecule has 6 nitrogen and oxygen atoms in total. The molecule has 150 valence electrons. The molecule has 0 saturated carbocycles. The van der Waals surface area contributed by atoms with Gasteiger partial charge in [-0.3, -0.25) is 9.78 Å². The molecule has 1 aromatic heterocycles. The minimum absolute atomic E-state index is 0.0247. The number of benzene rings is 1. The van der Waals surface area contributed by atoms with E-state index in [9.17, 15) is 22.9 Å². The lowest BCUT2D eigenvalue weighted by Crippen LogP contribution is -2.51. The SMILES string of the molecule is CC(C)(Oc1cccc(N=O)c1)C(C)(C)C(=O)Nc1ccnc(C(F)(F)F)c1. The molecule has 2 rings (SSSR count). The molecule has 0 unspecified atom stereocenters. The van der Waals surface area contributed by atoms with Crippen LogP contribution in [-0.2, 0) is 11.0 Å². The summed E-state index contributed by atoms with van der Waals surface area (Å²) in [6.45, 7) is 6.55. The fourth-order valence-corrected chi connectivity index (χ4v) is 2.25. The van der Waals surface area contributed by atoms with Crippen LogP contribution in [0, 0.1) is 10.3 Å². The second kappa shape index (κ2) is 7.57. The molecule has 0 aliphatic carbocycles. The smallest absolute Gasteiger partial charge is 0.433 e. The summed E-state index contributed by atoms with van der Waals surface area (Å²) in [5.41, 5.74) is -3.18. The highest BCUT2D eigenvalue weighted by Crippen LogP contribution is 2.37. The van der Waals surface area contributed by atoms with E-state index >= 15 is 0 Å². The van der Waals surface area contributed by atoms with Gasteiger partial charge in [0.2, 0.25) is 5.91 Å². The normalized spacial score (nSPS) is 12.4. The number of nitrogens with zero attached hydrogens (tertiary/aromatic N) is 2. The molecule has 0 saturated heterocycles. The Kier molecular flexibility index (Phi) is 5.77. The van der Waals surface area contributed by atoms with Crippen LogP contribution in [0.5, 0.6) is 5.75 Å². The third kappa shape index (κ3) is 4.65. The van der Waals surface area contributed by atoms with Crippen molar-refractivity contribution in [3.8, 4) is 5.75 Å². The van der Waals surface area contributed by atoms with Crippen molar-refractivity contribution >= 4 is 17.3 Å². The van der Waals surface area contributed by atoms with E-state index in [2.05, 4.69) is 15.5 Å². The number of carbonyl (C=O) groups is 1. The molecule has 0 radical (unpaired) electrons. The van der Waals surface area contributed by atoms with Gasteiger partial charge < -0.3 is 10.1 Å². The highest BCUT2D eigenvalue weighted by atomic mass is 19.4. The van der Waals surface area contributed by atoms with E-state index in [1.807, 2.05) is 0 Å². The third-order valence-corrected chi connectivity index (χ3v) is 4.68. The maximum atomic E-state index is 12.8. The Balaban J connectivity index is 2.21. The van der Waals surface area contributed by atoms with Gasteiger partial charge in [-0.15, -0.1) is 4.91 Å². The van der Waals surface area contributed by atoms with Gasteiger partial charge in [0.05, 0.1) is 5.41 Å².